The second-order valence-corrected chi connectivity index (χ2v) is 7.00. The number of rotatable bonds is 5. The van der Waals surface area contributed by atoms with Gasteiger partial charge in [-0.05, 0) is 19.8 Å². The van der Waals surface area contributed by atoms with Gasteiger partial charge in [0.1, 0.15) is 5.69 Å². The van der Waals surface area contributed by atoms with Crippen LogP contribution in [0.15, 0.2) is 34.9 Å². The maximum atomic E-state index is 11.9. The Morgan fingerprint density at radius 3 is 2.77 bits per heavy atom. The van der Waals surface area contributed by atoms with E-state index >= 15 is 0 Å². The van der Waals surface area contributed by atoms with Crippen LogP contribution in [0.1, 0.15) is 31.2 Å². The SMILES string of the molecule is Cc1ccc(-c2cc(NC(=O)CSC3CCCC3)on2)cc1. The summed E-state index contributed by atoms with van der Waals surface area (Å²) in [4.78, 5) is 11.9. The average Bonchev–Trinajstić information content (AvgIpc) is 3.17. The lowest BCUT2D eigenvalue weighted by Crippen LogP contribution is -2.15. The molecule has 2 aromatic rings. The van der Waals surface area contributed by atoms with E-state index in [0.717, 1.165) is 11.3 Å². The van der Waals surface area contributed by atoms with E-state index in [2.05, 4.69) is 10.5 Å². The van der Waals surface area contributed by atoms with E-state index in [-0.39, 0.29) is 5.91 Å². The summed E-state index contributed by atoms with van der Waals surface area (Å²) in [7, 11) is 0. The molecule has 4 nitrogen and oxygen atoms in total. The molecule has 22 heavy (non-hydrogen) atoms. The molecule has 0 radical (unpaired) electrons. The molecule has 1 aromatic carbocycles. The van der Waals surface area contributed by atoms with E-state index in [4.69, 9.17) is 4.52 Å². The standard InChI is InChI=1S/C17H20N2O2S/c1-12-6-8-13(9-7-12)15-10-17(21-19-15)18-16(20)11-22-14-4-2-3-5-14/h6-10,14H,2-5,11H2,1H3,(H,18,20). The molecule has 1 N–H and O–H groups in total. The number of nitrogens with zero attached hydrogens (tertiary/aromatic N) is 1. The predicted molar refractivity (Wildman–Crippen MR) is 90.0 cm³/mol. The fourth-order valence-electron chi connectivity index (χ4n) is 2.62. The quantitative estimate of drug-likeness (QED) is 0.895. The van der Waals surface area contributed by atoms with E-state index in [9.17, 15) is 4.79 Å². The van der Waals surface area contributed by atoms with Gasteiger partial charge in [0.25, 0.3) is 0 Å². The van der Waals surface area contributed by atoms with Crippen molar-refractivity contribution in [3.63, 3.8) is 0 Å². The largest absolute Gasteiger partial charge is 0.338 e. The summed E-state index contributed by atoms with van der Waals surface area (Å²) in [6, 6.07) is 9.81. The van der Waals surface area contributed by atoms with Gasteiger partial charge in [-0.1, -0.05) is 47.8 Å². The smallest absolute Gasteiger partial charge is 0.236 e. The summed E-state index contributed by atoms with van der Waals surface area (Å²) in [6.45, 7) is 2.04. The molecule has 0 bridgehead atoms. The Bertz CT molecular complexity index is 630. The van der Waals surface area contributed by atoms with Crippen LogP contribution in [0, 0.1) is 6.92 Å². The molecule has 0 unspecified atom stereocenters. The van der Waals surface area contributed by atoms with Gasteiger partial charge in [-0.2, -0.15) is 0 Å². The van der Waals surface area contributed by atoms with Crippen LogP contribution >= 0.6 is 11.8 Å². The Kier molecular flexibility index (Phi) is 4.83. The fraction of sp³-hybridized carbons (Fsp3) is 0.412. The van der Waals surface area contributed by atoms with Crippen molar-refractivity contribution in [2.45, 2.75) is 37.9 Å². The van der Waals surface area contributed by atoms with Crippen LogP contribution in [0.4, 0.5) is 5.88 Å². The number of benzene rings is 1. The molecule has 1 aliphatic rings. The first-order valence-electron chi connectivity index (χ1n) is 7.66. The zero-order chi connectivity index (χ0) is 15.4. The predicted octanol–water partition coefficient (Wildman–Crippen LogP) is 4.26. The number of amides is 1. The van der Waals surface area contributed by atoms with Gasteiger partial charge in [0.05, 0.1) is 5.75 Å². The molecule has 1 saturated carbocycles. The van der Waals surface area contributed by atoms with Gasteiger partial charge < -0.3 is 4.52 Å². The molecule has 1 fully saturated rings. The summed E-state index contributed by atoms with van der Waals surface area (Å²) >= 11 is 1.74. The normalized spacial score (nSPS) is 15.1. The van der Waals surface area contributed by atoms with Crippen LogP contribution in [0.3, 0.4) is 0 Å². The molecular weight excluding hydrogens is 296 g/mol. The highest BCUT2D eigenvalue weighted by molar-refractivity contribution is 8.00. The Balaban J connectivity index is 1.54. The third-order valence-electron chi connectivity index (χ3n) is 3.87. The van der Waals surface area contributed by atoms with Crippen molar-refractivity contribution >= 4 is 23.6 Å². The first kappa shape index (κ1) is 15.2. The molecule has 0 atom stereocenters. The third-order valence-corrected chi connectivity index (χ3v) is 5.24. The highest BCUT2D eigenvalue weighted by Crippen LogP contribution is 2.29. The first-order chi connectivity index (χ1) is 10.7. The molecule has 1 heterocycles. The second kappa shape index (κ2) is 7.01. The van der Waals surface area contributed by atoms with Crippen molar-refractivity contribution in [2.24, 2.45) is 0 Å². The van der Waals surface area contributed by atoms with Crippen molar-refractivity contribution in [3.8, 4) is 11.3 Å². The van der Waals surface area contributed by atoms with Gasteiger partial charge in [-0.15, -0.1) is 11.8 Å². The van der Waals surface area contributed by atoms with Crippen molar-refractivity contribution in [1.29, 1.82) is 0 Å². The summed E-state index contributed by atoms with van der Waals surface area (Å²) < 4.78 is 5.20. The lowest BCUT2D eigenvalue weighted by Gasteiger charge is -2.07. The molecule has 0 saturated heterocycles. The van der Waals surface area contributed by atoms with Gasteiger partial charge in [0.15, 0.2) is 0 Å². The maximum absolute atomic E-state index is 11.9. The zero-order valence-corrected chi connectivity index (χ0v) is 13.5. The molecule has 3 rings (SSSR count). The number of aromatic nitrogens is 1. The van der Waals surface area contributed by atoms with Crippen molar-refractivity contribution in [2.75, 3.05) is 11.1 Å². The van der Waals surface area contributed by atoms with Crippen LogP contribution in [-0.4, -0.2) is 22.1 Å². The molecule has 0 spiro atoms. The Morgan fingerprint density at radius 1 is 1.32 bits per heavy atom. The Labute approximate surface area is 134 Å². The van der Waals surface area contributed by atoms with Crippen molar-refractivity contribution in [3.05, 3.63) is 35.9 Å². The molecular formula is C17H20N2O2S. The molecule has 1 amide bonds. The van der Waals surface area contributed by atoms with Crippen LogP contribution in [0.2, 0.25) is 0 Å². The lowest BCUT2D eigenvalue weighted by atomic mass is 10.1. The van der Waals surface area contributed by atoms with Crippen LogP contribution in [0.5, 0.6) is 0 Å². The van der Waals surface area contributed by atoms with E-state index in [1.54, 1.807) is 17.8 Å². The third kappa shape index (κ3) is 3.91. The zero-order valence-electron chi connectivity index (χ0n) is 12.7. The van der Waals surface area contributed by atoms with Gasteiger partial charge in [0, 0.05) is 16.9 Å². The van der Waals surface area contributed by atoms with Crippen molar-refractivity contribution < 1.29 is 9.32 Å². The van der Waals surface area contributed by atoms with Gasteiger partial charge in [-0.25, -0.2) is 0 Å². The van der Waals surface area contributed by atoms with E-state index < -0.39 is 0 Å². The highest BCUT2D eigenvalue weighted by Gasteiger charge is 2.17. The number of carbonyl (C=O) groups excluding carboxylic acids is 1. The molecule has 5 heteroatoms. The monoisotopic (exact) mass is 316 g/mol. The number of nitrogens with one attached hydrogen (secondary N) is 1. The minimum absolute atomic E-state index is 0.0245. The summed E-state index contributed by atoms with van der Waals surface area (Å²) in [6.07, 6.45) is 5.05. The molecule has 1 aliphatic carbocycles. The number of thioether (sulfide) groups is 1. The van der Waals surface area contributed by atoms with Gasteiger partial charge in [-0.3, -0.25) is 10.1 Å². The summed E-state index contributed by atoms with van der Waals surface area (Å²) in [5.74, 6) is 0.863. The molecule has 1 aromatic heterocycles. The van der Waals surface area contributed by atoms with E-state index in [1.165, 1.54) is 31.2 Å². The maximum Gasteiger partial charge on any atom is 0.236 e. The number of hydrogen-bond acceptors (Lipinski definition) is 4. The van der Waals surface area contributed by atoms with Crippen LogP contribution in [0.25, 0.3) is 11.3 Å². The lowest BCUT2D eigenvalue weighted by molar-refractivity contribution is -0.113. The first-order valence-corrected chi connectivity index (χ1v) is 8.71. The number of hydrogen-bond donors (Lipinski definition) is 1. The van der Waals surface area contributed by atoms with E-state index in [1.807, 2.05) is 31.2 Å². The van der Waals surface area contributed by atoms with Gasteiger partial charge in [0.2, 0.25) is 11.8 Å². The minimum Gasteiger partial charge on any atom is -0.338 e. The average molecular weight is 316 g/mol. The number of anilines is 1. The van der Waals surface area contributed by atoms with Crippen LogP contribution in [-0.2, 0) is 4.79 Å². The van der Waals surface area contributed by atoms with Crippen molar-refractivity contribution in [1.82, 2.24) is 5.16 Å². The van der Waals surface area contributed by atoms with Gasteiger partial charge >= 0.3 is 0 Å². The topological polar surface area (TPSA) is 55.1 Å². The highest BCUT2D eigenvalue weighted by atomic mass is 32.2. The molecule has 116 valence electrons. The Hall–Kier alpha value is -1.75. The summed E-state index contributed by atoms with van der Waals surface area (Å²) in [5.41, 5.74) is 2.92. The number of aryl methyl sites for hydroxylation is 1. The van der Waals surface area contributed by atoms with Crippen LogP contribution < -0.4 is 5.32 Å². The molecule has 0 aliphatic heterocycles. The fourth-order valence-corrected chi connectivity index (χ4v) is 3.74. The number of carbonyl (C=O) groups is 1. The minimum atomic E-state index is -0.0245. The summed E-state index contributed by atoms with van der Waals surface area (Å²) in [5, 5.41) is 7.43. The Morgan fingerprint density at radius 2 is 2.05 bits per heavy atom. The van der Waals surface area contributed by atoms with E-state index in [0.29, 0.717) is 16.9 Å². The second-order valence-electron chi connectivity index (χ2n) is 5.71.